The van der Waals surface area contributed by atoms with Crippen molar-refractivity contribution in [3.05, 3.63) is 86.6 Å². The Bertz CT molecular complexity index is 1320. The molecule has 4 aromatic rings. The highest BCUT2D eigenvalue weighted by Gasteiger charge is 2.21. The number of aryl methyl sites for hydroxylation is 1. The van der Waals surface area contributed by atoms with Crippen molar-refractivity contribution in [2.45, 2.75) is 18.6 Å². The fourth-order valence-electron chi connectivity index (χ4n) is 2.94. The van der Waals surface area contributed by atoms with Gasteiger partial charge >= 0.3 is 0 Å². The molecule has 0 bridgehead atoms. The molecule has 2 aromatic heterocycles. The molecule has 0 spiro atoms. The molecule has 11 heteroatoms. The quantitative estimate of drug-likeness (QED) is 0.305. The third-order valence-corrected chi connectivity index (χ3v) is 6.74. The van der Waals surface area contributed by atoms with Crippen LogP contribution in [-0.2, 0) is 11.3 Å². The molecule has 0 fully saturated rings. The Morgan fingerprint density at radius 1 is 1.15 bits per heavy atom. The van der Waals surface area contributed by atoms with Crippen LogP contribution in [0.3, 0.4) is 0 Å². The Morgan fingerprint density at radius 3 is 2.61 bits per heavy atom. The molecular weight excluding hydrogens is 480 g/mol. The number of anilines is 1. The molecule has 2 heterocycles. The van der Waals surface area contributed by atoms with Gasteiger partial charge in [0.15, 0.2) is 5.13 Å². The lowest BCUT2D eigenvalue weighted by molar-refractivity contribution is -0.116. The maximum atomic E-state index is 13.3. The van der Waals surface area contributed by atoms with Crippen LogP contribution in [0, 0.1) is 6.92 Å². The summed E-state index contributed by atoms with van der Waals surface area (Å²) in [4.78, 5) is 31.6. The number of halogens is 1. The lowest BCUT2D eigenvalue weighted by Gasteiger charge is -2.20. The maximum Gasteiger partial charge on any atom is 0.294 e. The van der Waals surface area contributed by atoms with Crippen molar-refractivity contribution in [3.8, 4) is 11.3 Å². The molecule has 0 radical (unpaired) electrons. The first kappa shape index (κ1) is 23.0. The number of nitrogens with two attached hydrogens (primary N) is 1. The summed E-state index contributed by atoms with van der Waals surface area (Å²) in [5, 5.41) is 11.0. The molecule has 1 amide bonds. The van der Waals surface area contributed by atoms with Gasteiger partial charge in [-0.2, -0.15) is 4.68 Å². The van der Waals surface area contributed by atoms with E-state index in [9.17, 15) is 9.59 Å². The van der Waals surface area contributed by atoms with Crippen LogP contribution in [0.1, 0.15) is 11.3 Å². The van der Waals surface area contributed by atoms with Gasteiger partial charge in [0.25, 0.3) is 5.56 Å². The Kier molecular flexibility index (Phi) is 7.07. The van der Waals surface area contributed by atoms with Crippen LogP contribution in [0.5, 0.6) is 0 Å². The molecular formula is C22H19ClN6O2S2. The number of thiazole rings is 1. The summed E-state index contributed by atoms with van der Waals surface area (Å²) in [5.74, 6) is 5.61. The largest absolute Gasteiger partial charge is 0.334 e. The first-order valence-corrected chi connectivity index (χ1v) is 12.1. The topological polar surface area (TPSA) is 107 Å². The number of nitrogen functional groups attached to an aromatic ring is 1. The van der Waals surface area contributed by atoms with Crippen LogP contribution >= 0.6 is 34.7 Å². The number of carbonyl (C=O) groups excluding carboxylic acids is 1. The molecule has 2 aromatic carbocycles. The Labute approximate surface area is 203 Å². The fraction of sp³-hybridized carbons (Fsp3) is 0.136. The van der Waals surface area contributed by atoms with Crippen LogP contribution in [0.2, 0.25) is 5.02 Å². The van der Waals surface area contributed by atoms with Crippen LogP contribution in [-0.4, -0.2) is 31.5 Å². The monoisotopic (exact) mass is 498 g/mol. The van der Waals surface area contributed by atoms with E-state index in [1.807, 2.05) is 47.8 Å². The lowest BCUT2D eigenvalue weighted by atomic mass is 10.2. The second kappa shape index (κ2) is 10.2. The van der Waals surface area contributed by atoms with Crippen LogP contribution in [0.15, 0.2) is 69.9 Å². The number of benzene rings is 2. The van der Waals surface area contributed by atoms with Crippen LogP contribution in [0.4, 0.5) is 5.13 Å². The zero-order valence-electron chi connectivity index (χ0n) is 17.5. The summed E-state index contributed by atoms with van der Waals surface area (Å²) in [6.45, 7) is 1.88. The summed E-state index contributed by atoms with van der Waals surface area (Å²) < 4.78 is 0.907. The summed E-state index contributed by atoms with van der Waals surface area (Å²) >= 11 is 8.42. The molecule has 0 aliphatic rings. The molecule has 8 nitrogen and oxygen atoms in total. The predicted octanol–water partition coefficient (Wildman–Crippen LogP) is 3.76. The fourth-order valence-corrected chi connectivity index (χ4v) is 4.65. The number of carbonyl (C=O) groups is 1. The molecule has 33 heavy (non-hydrogen) atoms. The zero-order valence-corrected chi connectivity index (χ0v) is 19.9. The van der Waals surface area contributed by atoms with Crippen molar-refractivity contribution in [1.29, 1.82) is 0 Å². The number of rotatable bonds is 7. The van der Waals surface area contributed by atoms with Crippen molar-refractivity contribution in [1.82, 2.24) is 19.9 Å². The second-order valence-electron chi connectivity index (χ2n) is 7.02. The minimum Gasteiger partial charge on any atom is -0.334 e. The SMILES string of the molecule is Cc1nnc(SCC(=O)N(Cc2ccccc2)c2nc(-c3ccc(Cl)cc3)cs2)n(N)c1=O. The summed E-state index contributed by atoms with van der Waals surface area (Å²) in [6, 6.07) is 17.0. The van der Waals surface area contributed by atoms with Crippen molar-refractivity contribution >= 4 is 45.7 Å². The highest BCUT2D eigenvalue weighted by Crippen LogP contribution is 2.30. The predicted molar refractivity (Wildman–Crippen MR) is 132 cm³/mol. The van der Waals surface area contributed by atoms with E-state index in [4.69, 9.17) is 17.4 Å². The smallest absolute Gasteiger partial charge is 0.294 e. The van der Waals surface area contributed by atoms with Gasteiger partial charge in [-0.1, -0.05) is 65.8 Å². The number of amides is 1. The van der Waals surface area contributed by atoms with E-state index in [-0.39, 0.29) is 22.5 Å². The van der Waals surface area contributed by atoms with Crippen molar-refractivity contribution in [3.63, 3.8) is 0 Å². The van der Waals surface area contributed by atoms with Gasteiger partial charge in [-0.3, -0.25) is 14.5 Å². The molecule has 0 saturated heterocycles. The van der Waals surface area contributed by atoms with E-state index in [2.05, 4.69) is 15.2 Å². The molecule has 2 N–H and O–H groups in total. The van der Waals surface area contributed by atoms with Gasteiger partial charge in [0, 0.05) is 16.0 Å². The Morgan fingerprint density at radius 2 is 1.88 bits per heavy atom. The Balaban J connectivity index is 1.58. The molecule has 0 saturated carbocycles. The third-order valence-electron chi connectivity index (χ3n) is 4.69. The number of thioether (sulfide) groups is 1. The van der Waals surface area contributed by atoms with E-state index >= 15 is 0 Å². The third kappa shape index (κ3) is 5.41. The zero-order chi connectivity index (χ0) is 23.4. The van der Waals surface area contributed by atoms with Crippen molar-refractivity contribution in [2.75, 3.05) is 16.5 Å². The molecule has 0 aliphatic carbocycles. The normalized spacial score (nSPS) is 10.8. The highest BCUT2D eigenvalue weighted by molar-refractivity contribution is 7.99. The van der Waals surface area contributed by atoms with Crippen molar-refractivity contribution < 1.29 is 4.79 Å². The van der Waals surface area contributed by atoms with Crippen LogP contribution in [0.25, 0.3) is 11.3 Å². The minimum absolute atomic E-state index is 0.0110. The van der Waals surface area contributed by atoms with E-state index in [1.54, 1.807) is 17.0 Å². The molecule has 0 aliphatic heterocycles. The number of nitrogens with zero attached hydrogens (tertiary/aromatic N) is 5. The first-order chi connectivity index (χ1) is 15.9. The van der Waals surface area contributed by atoms with Gasteiger partial charge in [-0.05, 0) is 24.6 Å². The maximum absolute atomic E-state index is 13.3. The number of hydrogen-bond acceptors (Lipinski definition) is 8. The molecule has 0 atom stereocenters. The molecule has 168 valence electrons. The average molecular weight is 499 g/mol. The minimum atomic E-state index is -0.450. The van der Waals surface area contributed by atoms with E-state index in [1.165, 1.54) is 18.3 Å². The standard InChI is InChI=1S/C22H19ClN6O2S2/c1-14-20(31)29(24)22(27-26-14)33-13-19(30)28(11-15-5-3-2-4-6-15)21-25-18(12-32-21)16-7-9-17(23)10-8-16/h2-10,12H,11,13,24H2,1H3. The second-order valence-corrected chi connectivity index (χ2v) is 9.23. The summed E-state index contributed by atoms with van der Waals surface area (Å²) in [5.41, 5.74) is 2.37. The van der Waals surface area contributed by atoms with Crippen molar-refractivity contribution in [2.24, 2.45) is 0 Å². The van der Waals surface area contributed by atoms with Gasteiger partial charge in [0.2, 0.25) is 11.1 Å². The van der Waals surface area contributed by atoms with Gasteiger partial charge in [0.1, 0.15) is 5.69 Å². The average Bonchev–Trinajstić information content (AvgIpc) is 3.31. The number of hydrogen-bond donors (Lipinski definition) is 1. The highest BCUT2D eigenvalue weighted by atomic mass is 35.5. The molecule has 4 rings (SSSR count). The van der Waals surface area contributed by atoms with E-state index in [0.29, 0.717) is 16.7 Å². The van der Waals surface area contributed by atoms with Gasteiger partial charge < -0.3 is 5.84 Å². The van der Waals surface area contributed by atoms with Gasteiger partial charge in [0.05, 0.1) is 18.0 Å². The lowest BCUT2D eigenvalue weighted by Crippen LogP contribution is -2.34. The number of aromatic nitrogens is 4. The summed E-state index contributed by atoms with van der Waals surface area (Å²) in [7, 11) is 0. The van der Waals surface area contributed by atoms with Gasteiger partial charge in [-0.25, -0.2) is 4.98 Å². The van der Waals surface area contributed by atoms with Gasteiger partial charge in [-0.15, -0.1) is 21.5 Å². The Hall–Kier alpha value is -3.21. The van der Waals surface area contributed by atoms with Crippen LogP contribution < -0.4 is 16.3 Å². The van der Waals surface area contributed by atoms with E-state index in [0.717, 1.165) is 33.3 Å². The first-order valence-electron chi connectivity index (χ1n) is 9.82. The molecule has 0 unspecified atom stereocenters. The van der Waals surface area contributed by atoms with E-state index < -0.39 is 5.56 Å². The summed E-state index contributed by atoms with van der Waals surface area (Å²) in [6.07, 6.45) is 0.